The first kappa shape index (κ1) is 21.4. The zero-order chi connectivity index (χ0) is 22.0. The molecule has 0 spiro atoms. The summed E-state index contributed by atoms with van der Waals surface area (Å²) in [5, 5.41) is 3.02. The lowest BCUT2D eigenvalue weighted by molar-refractivity contribution is -0.118. The SMILES string of the molecule is CNC(=O)CSc1nc(-c2ccc(OC)c(OC)c2)nc2c1c(=O)n(C)c(=O)n2C. The summed E-state index contributed by atoms with van der Waals surface area (Å²) in [6.45, 7) is 0. The maximum Gasteiger partial charge on any atom is 0.332 e. The third-order valence-corrected chi connectivity index (χ3v) is 5.50. The number of hydrogen-bond donors (Lipinski definition) is 1. The lowest BCUT2D eigenvalue weighted by Crippen LogP contribution is -2.37. The molecule has 3 rings (SSSR count). The molecule has 0 radical (unpaired) electrons. The number of amides is 1. The number of aryl methyl sites for hydroxylation is 1. The first-order valence-electron chi connectivity index (χ1n) is 8.85. The van der Waals surface area contributed by atoms with Crippen molar-refractivity contribution in [3.05, 3.63) is 39.0 Å². The summed E-state index contributed by atoms with van der Waals surface area (Å²) in [6.07, 6.45) is 0. The van der Waals surface area contributed by atoms with Crippen LogP contribution in [0.15, 0.2) is 32.8 Å². The molecule has 0 unspecified atom stereocenters. The molecule has 2 heterocycles. The van der Waals surface area contributed by atoms with Crippen molar-refractivity contribution in [2.75, 3.05) is 27.0 Å². The highest BCUT2D eigenvalue weighted by Gasteiger charge is 2.19. The van der Waals surface area contributed by atoms with Crippen molar-refractivity contribution in [1.29, 1.82) is 0 Å². The minimum absolute atomic E-state index is 0.0555. The van der Waals surface area contributed by atoms with E-state index >= 15 is 0 Å². The molecule has 0 saturated heterocycles. The second-order valence-electron chi connectivity index (χ2n) is 6.29. The summed E-state index contributed by atoms with van der Waals surface area (Å²) in [5.41, 5.74) is -0.246. The number of hydrogen-bond acceptors (Lipinski definition) is 8. The first-order valence-corrected chi connectivity index (χ1v) is 9.84. The number of carbonyl (C=O) groups is 1. The largest absolute Gasteiger partial charge is 0.493 e. The monoisotopic (exact) mass is 431 g/mol. The second-order valence-corrected chi connectivity index (χ2v) is 7.25. The normalized spacial score (nSPS) is 10.8. The topological polar surface area (TPSA) is 117 Å². The third kappa shape index (κ3) is 3.75. The van der Waals surface area contributed by atoms with Gasteiger partial charge in [-0.2, -0.15) is 0 Å². The Hall–Kier alpha value is -3.34. The Kier molecular flexibility index (Phi) is 6.11. The summed E-state index contributed by atoms with van der Waals surface area (Å²) in [6, 6.07) is 5.16. The average molecular weight is 431 g/mol. The van der Waals surface area contributed by atoms with Gasteiger partial charge in [-0.15, -0.1) is 0 Å². The van der Waals surface area contributed by atoms with E-state index in [2.05, 4.69) is 15.3 Å². The van der Waals surface area contributed by atoms with E-state index in [0.29, 0.717) is 22.1 Å². The number of benzene rings is 1. The summed E-state index contributed by atoms with van der Waals surface area (Å²) in [4.78, 5) is 46.0. The quantitative estimate of drug-likeness (QED) is 0.444. The fourth-order valence-electron chi connectivity index (χ4n) is 2.84. The van der Waals surface area contributed by atoms with Gasteiger partial charge >= 0.3 is 5.69 Å². The van der Waals surface area contributed by atoms with Gasteiger partial charge < -0.3 is 14.8 Å². The van der Waals surface area contributed by atoms with E-state index in [1.54, 1.807) is 18.2 Å². The molecule has 0 aliphatic carbocycles. The Morgan fingerprint density at radius 2 is 1.80 bits per heavy atom. The number of thioether (sulfide) groups is 1. The standard InChI is InChI=1S/C19H21N5O5S/c1-20-13(25)9-30-17-14-16(23(2)19(27)24(3)18(14)26)21-15(22-17)10-6-7-11(28-4)12(8-10)29-5/h6-8H,9H2,1-5H3,(H,20,25). The minimum Gasteiger partial charge on any atom is -0.493 e. The van der Waals surface area contributed by atoms with Crippen LogP contribution < -0.4 is 26.0 Å². The van der Waals surface area contributed by atoms with E-state index in [-0.39, 0.29) is 28.5 Å². The predicted molar refractivity (Wildman–Crippen MR) is 113 cm³/mol. The minimum atomic E-state index is -0.522. The van der Waals surface area contributed by atoms with Gasteiger partial charge in [0, 0.05) is 26.7 Å². The molecule has 1 aromatic carbocycles. The lowest BCUT2D eigenvalue weighted by Gasteiger charge is -2.13. The van der Waals surface area contributed by atoms with Gasteiger partial charge in [0.1, 0.15) is 10.4 Å². The highest BCUT2D eigenvalue weighted by atomic mass is 32.2. The maximum atomic E-state index is 12.8. The number of nitrogens with zero attached hydrogens (tertiary/aromatic N) is 4. The van der Waals surface area contributed by atoms with E-state index in [0.717, 1.165) is 16.3 Å². The van der Waals surface area contributed by atoms with Crippen molar-refractivity contribution in [3.8, 4) is 22.9 Å². The molecule has 3 aromatic rings. The van der Waals surface area contributed by atoms with Crippen LogP contribution in [-0.2, 0) is 18.9 Å². The fraction of sp³-hybridized carbons (Fsp3) is 0.316. The van der Waals surface area contributed by atoms with Crippen molar-refractivity contribution in [1.82, 2.24) is 24.4 Å². The van der Waals surface area contributed by atoms with Gasteiger partial charge in [-0.25, -0.2) is 14.8 Å². The molecule has 0 fully saturated rings. The average Bonchev–Trinajstić information content (AvgIpc) is 2.78. The van der Waals surface area contributed by atoms with Gasteiger partial charge in [-0.3, -0.25) is 18.7 Å². The van der Waals surface area contributed by atoms with Crippen molar-refractivity contribution >= 4 is 28.7 Å². The third-order valence-electron chi connectivity index (χ3n) is 4.53. The van der Waals surface area contributed by atoms with Crippen molar-refractivity contribution in [2.24, 2.45) is 14.1 Å². The number of rotatable bonds is 6. The van der Waals surface area contributed by atoms with E-state index in [1.165, 1.54) is 39.9 Å². The number of carbonyl (C=O) groups excluding carboxylic acids is 1. The smallest absolute Gasteiger partial charge is 0.332 e. The second kappa shape index (κ2) is 8.57. The highest BCUT2D eigenvalue weighted by molar-refractivity contribution is 8.00. The Morgan fingerprint density at radius 3 is 2.43 bits per heavy atom. The summed E-state index contributed by atoms with van der Waals surface area (Å²) in [7, 11) is 7.49. The number of aromatic nitrogens is 4. The van der Waals surface area contributed by atoms with Crippen LogP contribution in [0.3, 0.4) is 0 Å². The molecule has 10 nitrogen and oxygen atoms in total. The molecule has 11 heteroatoms. The van der Waals surface area contributed by atoms with Crippen LogP contribution in [0.1, 0.15) is 0 Å². The molecule has 0 aliphatic heterocycles. The lowest BCUT2D eigenvalue weighted by atomic mass is 10.2. The number of methoxy groups -OCH3 is 2. The maximum absolute atomic E-state index is 12.8. The van der Waals surface area contributed by atoms with Crippen LogP contribution in [0, 0.1) is 0 Å². The van der Waals surface area contributed by atoms with E-state index in [9.17, 15) is 14.4 Å². The van der Waals surface area contributed by atoms with Gasteiger partial charge in [-0.1, -0.05) is 11.8 Å². The van der Waals surface area contributed by atoms with Crippen molar-refractivity contribution in [2.45, 2.75) is 5.03 Å². The van der Waals surface area contributed by atoms with Crippen LogP contribution in [0.4, 0.5) is 0 Å². The Bertz CT molecular complexity index is 1250. The number of ether oxygens (including phenoxy) is 2. The highest BCUT2D eigenvalue weighted by Crippen LogP contribution is 2.32. The van der Waals surface area contributed by atoms with E-state index in [1.807, 2.05) is 0 Å². The summed E-state index contributed by atoms with van der Waals surface area (Å²) < 4.78 is 12.9. The zero-order valence-electron chi connectivity index (χ0n) is 17.2. The zero-order valence-corrected chi connectivity index (χ0v) is 18.0. The molecule has 0 saturated carbocycles. The molecule has 1 N–H and O–H groups in total. The molecule has 2 aromatic heterocycles. The molecule has 1 amide bonds. The van der Waals surface area contributed by atoms with Crippen LogP contribution in [0.5, 0.6) is 11.5 Å². The van der Waals surface area contributed by atoms with Crippen LogP contribution >= 0.6 is 11.8 Å². The Balaban J connectivity index is 2.30. The van der Waals surface area contributed by atoms with Crippen molar-refractivity contribution in [3.63, 3.8) is 0 Å². The van der Waals surface area contributed by atoms with Gasteiger partial charge in [0.15, 0.2) is 23.0 Å². The summed E-state index contributed by atoms with van der Waals surface area (Å²) in [5.74, 6) is 1.14. The molecule has 0 aliphatic rings. The molecule has 158 valence electrons. The summed E-state index contributed by atoms with van der Waals surface area (Å²) >= 11 is 1.10. The number of fused-ring (bicyclic) bond motifs is 1. The molecule has 0 atom stereocenters. The van der Waals surface area contributed by atoms with E-state index < -0.39 is 11.2 Å². The van der Waals surface area contributed by atoms with E-state index in [4.69, 9.17) is 9.47 Å². The van der Waals surface area contributed by atoms with Crippen LogP contribution in [0.25, 0.3) is 22.4 Å². The molecule has 30 heavy (non-hydrogen) atoms. The molecular formula is C19H21N5O5S. The molecular weight excluding hydrogens is 410 g/mol. The predicted octanol–water partition coefficient (Wildman–Crippen LogP) is 0.549. The van der Waals surface area contributed by atoms with Gasteiger partial charge in [0.2, 0.25) is 5.91 Å². The Morgan fingerprint density at radius 1 is 1.10 bits per heavy atom. The van der Waals surface area contributed by atoms with Crippen LogP contribution in [0.2, 0.25) is 0 Å². The molecule has 0 bridgehead atoms. The fourth-order valence-corrected chi connectivity index (χ4v) is 3.73. The van der Waals surface area contributed by atoms with Crippen LogP contribution in [-0.4, -0.2) is 52.0 Å². The Labute approximate surface area is 175 Å². The van der Waals surface area contributed by atoms with Gasteiger partial charge in [0.05, 0.1) is 20.0 Å². The number of nitrogens with one attached hydrogen (secondary N) is 1. The van der Waals surface area contributed by atoms with Gasteiger partial charge in [-0.05, 0) is 18.2 Å². The van der Waals surface area contributed by atoms with Crippen molar-refractivity contribution < 1.29 is 14.3 Å². The van der Waals surface area contributed by atoms with Gasteiger partial charge in [0.25, 0.3) is 5.56 Å². The first-order chi connectivity index (χ1) is 14.3.